The van der Waals surface area contributed by atoms with Gasteiger partial charge in [-0.2, -0.15) is 5.26 Å². The highest BCUT2D eigenvalue weighted by atomic mass is 16.1. The Morgan fingerprint density at radius 2 is 1.92 bits per heavy atom. The summed E-state index contributed by atoms with van der Waals surface area (Å²) in [6.07, 6.45) is 0. The highest BCUT2D eigenvalue weighted by Gasteiger charge is 2.09. The highest BCUT2D eigenvalue weighted by molar-refractivity contribution is 5.82. The van der Waals surface area contributed by atoms with Gasteiger partial charge in [-0.05, 0) is 24.6 Å². The number of nitriles is 1. The molecule has 66 valence electrons. The van der Waals surface area contributed by atoms with Crippen molar-refractivity contribution in [2.45, 2.75) is 19.8 Å². The van der Waals surface area contributed by atoms with Crippen molar-refractivity contribution < 1.29 is 4.79 Å². The van der Waals surface area contributed by atoms with Crippen LogP contribution in [0.5, 0.6) is 0 Å². The van der Waals surface area contributed by atoms with Gasteiger partial charge in [-0.25, -0.2) is 0 Å². The third-order valence-electron chi connectivity index (χ3n) is 2.15. The zero-order valence-corrected chi connectivity index (χ0v) is 7.74. The van der Waals surface area contributed by atoms with Crippen molar-refractivity contribution in [3.05, 3.63) is 35.4 Å². The molecular formula is C11H11NO. The van der Waals surface area contributed by atoms with Crippen LogP contribution in [0.4, 0.5) is 0 Å². The summed E-state index contributed by atoms with van der Waals surface area (Å²) >= 11 is 0. The zero-order chi connectivity index (χ0) is 9.84. The molecule has 0 aromatic heterocycles. The first-order chi connectivity index (χ1) is 6.15. The standard InChI is InChI=1S/C11H11NO/c1-8(9(2)13)11-5-3-10(7-12)4-6-11/h3-6,8H,1-2H3. The molecule has 1 unspecified atom stereocenters. The minimum Gasteiger partial charge on any atom is -0.299 e. The highest BCUT2D eigenvalue weighted by Crippen LogP contribution is 2.16. The van der Waals surface area contributed by atoms with Gasteiger partial charge in [-0.3, -0.25) is 4.79 Å². The second kappa shape index (κ2) is 3.86. The van der Waals surface area contributed by atoms with Gasteiger partial charge in [0.15, 0.2) is 0 Å². The Labute approximate surface area is 77.8 Å². The number of hydrogen-bond donors (Lipinski definition) is 0. The fourth-order valence-corrected chi connectivity index (χ4v) is 1.08. The number of carbonyl (C=O) groups excluding carboxylic acids is 1. The number of Topliss-reactive ketones (excluding diaryl/α,β-unsaturated/α-hetero) is 1. The molecule has 0 saturated carbocycles. The number of benzene rings is 1. The van der Waals surface area contributed by atoms with Gasteiger partial charge < -0.3 is 0 Å². The Balaban J connectivity index is 2.93. The normalized spacial score (nSPS) is 11.8. The molecule has 0 aliphatic rings. The Hall–Kier alpha value is -1.62. The van der Waals surface area contributed by atoms with E-state index in [1.807, 2.05) is 25.1 Å². The Bertz CT molecular complexity index is 345. The quantitative estimate of drug-likeness (QED) is 0.688. The maximum atomic E-state index is 11.0. The minimum atomic E-state index is -0.0762. The molecule has 0 bridgehead atoms. The average molecular weight is 173 g/mol. The first-order valence-corrected chi connectivity index (χ1v) is 4.15. The molecule has 0 saturated heterocycles. The maximum absolute atomic E-state index is 11.0. The average Bonchev–Trinajstić information content (AvgIpc) is 2.17. The third kappa shape index (κ3) is 2.16. The topological polar surface area (TPSA) is 40.9 Å². The van der Waals surface area contributed by atoms with Crippen molar-refractivity contribution in [1.82, 2.24) is 0 Å². The number of ketones is 1. The SMILES string of the molecule is CC(=O)C(C)c1ccc(C#N)cc1. The fourth-order valence-electron chi connectivity index (χ4n) is 1.08. The lowest BCUT2D eigenvalue weighted by Crippen LogP contribution is -2.03. The van der Waals surface area contributed by atoms with Gasteiger partial charge in [0, 0.05) is 5.92 Å². The van der Waals surface area contributed by atoms with Crippen LogP contribution in [0.25, 0.3) is 0 Å². The van der Waals surface area contributed by atoms with Crippen LogP contribution < -0.4 is 0 Å². The van der Waals surface area contributed by atoms with E-state index in [1.165, 1.54) is 0 Å². The molecule has 13 heavy (non-hydrogen) atoms. The molecule has 0 N–H and O–H groups in total. The molecular weight excluding hydrogens is 162 g/mol. The summed E-state index contributed by atoms with van der Waals surface area (Å²) in [6, 6.07) is 9.15. The number of rotatable bonds is 2. The van der Waals surface area contributed by atoms with E-state index < -0.39 is 0 Å². The van der Waals surface area contributed by atoms with Gasteiger partial charge in [0.1, 0.15) is 5.78 Å². The van der Waals surface area contributed by atoms with Gasteiger partial charge in [0.2, 0.25) is 0 Å². The number of nitrogens with zero attached hydrogens (tertiary/aromatic N) is 1. The molecule has 1 rings (SSSR count). The van der Waals surface area contributed by atoms with Crippen LogP contribution in [0.3, 0.4) is 0 Å². The maximum Gasteiger partial charge on any atom is 0.136 e. The molecule has 1 aromatic carbocycles. The molecule has 2 heteroatoms. The summed E-state index contributed by atoms with van der Waals surface area (Å²) in [7, 11) is 0. The monoisotopic (exact) mass is 173 g/mol. The zero-order valence-electron chi connectivity index (χ0n) is 7.74. The van der Waals surface area contributed by atoms with Crippen molar-refractivity contribution in [3.63, 3.8) is 0 Å². The molecule has 0 aliphatic carbocycles. The molecule has 0 amide bonds. The summed E-state index contributed by atoms with van der Waals surface area (Å²) < 4.78 is 0. The van der Waals surface area contributed by atoms with Crippen molar-refractivity contribution in [2.75, 3.05) is 0 Å². The first-order valence-electron chi connectivity index (χ1n) is 4.15. The Kier molecular flexibility index (Phi) is 2.81. The van der Waals surface area contributed by atoms with E-state index in [9.17, 15) is 4.79 Å². The van der Waals surface area contributed by atoms with E-state index >= 15 is 0 Å². The lowest BCUT2D eigenvalue weighted by Gasteiger charge is -2.06. The first kappa shape index (κ1) is 9.47. The van der Waals surface area contributed by atoms with Crippen LogP contribution in [-0.4, -0.2) is 5.78 Å². The summed E-state index contributed by atoms with van der Waals surface area (Å²) in [5, 5.41) is 8.56. The van der Waals surface area contributed by atoms with Crippen LogP contribution in [0, 0.1) is 11.3 Å². The van der Waals surface area contributed by atoms with Crippen LogP contribution in [0.15, 0.2) is 24.3 Å². The van der Waals surface area contributed by atoms with Crippen LogP contribution in [0.1, 0.15) is 30.9 Å². The molecule has 1 aromatic rings. The van der Waals surface area contributed by atoms with Crippen LogP contribution >= 0.6 is 0 Å². The van der Waals surface area contributed by atoms with E-state index in [1.54, 1.807) is 19.1 Å². The van der Waals surface area contributed by atoms with Gasteiger partial charge in [0.25, 0.3) is 0 Å². The summed E-state index contributed by atoms with van der Waals surface area (Å²) in [6.45, 7) is 3.44. The molecule has 0 aliphatic heterocycles. The van der Waals surface area contributed by atoms with Crippen molar-refractivity contribution in [2.24, 2.45) is 0 Å². The third-order valence-corrected chi connectivity index (χ3v) is 2.15. The minimum absolute atomic E-state index is 0.0762. The number of hydrogen-bond acceptors (Lipinski definition) is 2. The molecule has 0 radical (unpaired) electrons. The molecule has 2 nitrogen and oxygen atoms in total. The Morgan fingerprint density at radius 3 is 2.31 bits per heavy atom. The van der Waals surface area contributed by atoms with Crippen molar-refractivity contribution in [1.29, 1.82) is 5.26 Å². The second-order valence-corrected chi connectivity index (χ2v) is 3.07. The van der Waals surface area contributed by atoms with Gasteiger partial charge in [0.05, 0.1) is 11.6 Å². The van der Waals surface area contributed by atoms with E-state index in [-0.39, 0.29) is 11.7 Å². The van der Waals surface area contributed by atoms with Crippen LogP contribution in [0.2, 0.25) is 0 Å². The Morgan fingerprint density at radius 1 is 1.38 bits per heavy atom. The van der Waals surface area contributed by atoms with Gasteiger partial charge >= 0.3 is 0 Å². The van der Waals surface area contributed by atoms with Crippen LogP contribution in [-0.2, 0) is 4.79 Å². The molecule has 1 atom stereocenters. The molecule has 0 spiro atoms. The van der Waals surface area contributed by atoms with E-state index in [0.29, 0.717) is 5.56 Å². The molecule has 0 heterocycles. The predicted molar refractivity (Wildman–Crippen MR) is 50.3 cm³/mol. The molecule has 0 fully saturated rings. The smallest absolute Gasteiger partial charge is 0.136 e. The number of carbonyl (C=O) groups is 1. The summed E-state index contributed by atoms with van der Waals surface area (Å²) in [5.41, 5.74) is 1.59. The lowest BCUT2D eigenvalue weighted by atomic mass is 9.97. The largest absolute Gasteiger partial charge is 0.299 e. The van der Waals surface area contributed by atoms with Gasteiger partial charge in [-0.15, -0.1) is 0 Å². The fraction of sp³-hybridized carbons (Fsp3) is 0.273. The second-order valence-electron chi connectivity index (χ2n) is 3.07. The predicted octanol–water partition coefficient (Wildman–Crippen LogP) is 2.25. The van der Waals surface area contributed by atoms with E-state index in [2.05, 4.69) is 0 Å². The van der Waals surface area contributed by atoms with Crippen molar-refractivity contribution in [3.8, 4) is 6.07 Å². The lowest BCUT2D eigenvalue weighted by molar-refractivity contribution is -0.118. The van der Waals surface area contributed by atoms with E-state index in [0.717, 1.165) is 5.56 Å². The van der Waals surface area contributed by atoms with Gasteiger partial charge in [-0.1, -0.05) is 19.1 Å². The summed E-state index contributed by atoms with van der Waals surface area (Å²) in [4.78, 5) is 11.0. The van der Waals surface area contributed by atoms with Crippen molar-refractivity contribution >= 4 is 5.78 Å². The summed E-state index contributed by atoms with van der Waals surface area (Å²) in [5.74, 6) is 0.0671. The van der Waals surface area contributed by atoms with E-state index in [4.69, 9.17) is 5.26 Å².